The summed E-state index contributed by atoms with van der Waals surface area (Å²) in [5, 5.41) is 8.26. The van der Waals surface area contributed by atoms with Crippen molar-refractivity contribution in [1.29, 1.82) is 5.41 Å². The van der Waals surface area contributed by atoms with Crippen molar-refractivity contribution in [2.75, 3.05) is 25.0 Å². The van der Waals surface area contributed by atoms with Crippen LogP contribution in [0.4, 0.5) is 0 Å². The van der Waals surface area contributed by atoms with Crippen LogP contribution in [0.25, 0.3) is 0 Å². The van der Waals surface area contributed by atoms with Gasteiger partial charge in [-0.2, -0.15) is 0 Å². The maximum Gasteiger partial charge on any atom is 0.338 e. The molecule has 0 bridgehead atoms. The van der Waals surface area contributed by atoms with Crippen LogP contribution in [-0.4, -0.2) is 47.8 Å². The summed E-state index contributed by atoms with van der Waals surface area (Å²) < 4.78 is 11.0. The number of benzene rings is 1. The van der Waals surface area contributed by atoms with Crippen LogP contribution in [0, 0.1) is 5.41 Å². The highest BCUT2D eigenvalue weighted by Crippen LogP contribution is 2.20. The topological polar surface area (TPSA) is 62.6 Å². The Balaban J connectivity index is 1.84. The van der Waals surface area contributed by atoms with E-state index < -0.39 is 0 Å². The number of ether oxygens (including phenoxy) is 2. The standard InChI is InChI=1S/C16H21BrN2O3/c1-12(18)19-9-6-15(7-10-19)22-14-4-2-13(3-5-14)16(20)21-11-8-17/h2-5,15,18H,6-11H2,1H3. The van der Waals surface area contributed by atoms with Gasteiger partial charge in [0, 0.05) is 31.3 Å². The Morgan fingerprint density at radius 3 is 2.50 bits per heavy atom. The van der Waals surface area contributed by atoms with Crippen LogP contribution in [0.15, 0.2) is 24.3 Å². The molecule has 120 valence electrons. The van der Waals surface area contributed by atoms with Gasteiger partial charge in [-0.05, 0) is 31.2 Å². The van der Waals surface area contributed by atoms with E-state index in [0.29, 0.717) is 23.3 Å². The summed E-state index contributed by atoms with van der Waals surface area (Å²) in [5.41, 5.74) is 0.530. The Labute approximate surface area is 139 Å². The fraction of sp³-hybridized carbons (Fsp3) is 0.500. The summed E-state index contributed by atoms with van der Waals surface area (Å²) in [7, 11) is 0. The number of likely N-dealkylation sites (tertiary alicyclic amines) is 1. The van der Waals surface area contributed by atoms with Crippen molar-refractivity contribution < 1.29 is 14.3 Å². The highest BCUT2D eigenvalue weighted by molar-refractivity contribution is 9.09. The SMILES string of the molecule is CC(=N)N1CCC(Oc2ccc(C(=O)OCCBr)cc2)CC1. The number of halogens is 1. The molecule has 0 spiro atoms. The van der Waals surface area contributed by atoms with Crippen LogP contribution in [-0.2, 0) is 4.74 Å². The molecule has 1 aromatic carbocycles. The van der Waals surface area contributed by atoms with E-state index in [0.717, 1.165) is 31.7 Å². The minimum absolute atomic E-state index is 0.168. The van der Waals surface area contributed by atoms with E-state index in [2.05, 4.69) is 20.8 Å². The zero-order valence-corrected chi connectivity index (χ0v) is 14.3. The van der Waals surface area contributed by atoms with Gasteiger partial charge in [-0.15, -0.1) is 0 Å². The van der Waals surface area contributed by atoms with Crippen molar-refractivity contribution in [2.45, 2.75) is 25.9 Å². The smallest absolute Gasteiger partial charge is 0.338 e. The summed E-state index contributed by atoms with van der Waals surface area (Å²) in [5.74, 6) is 1.06. The minimum atomic E-state index is -0.319. The van der Waals surface area contributed by atoms with Crippen molar-refractivity contribution in [3.05, 3.63) is 29.8 Å². The van der Waals surface area contributed by atoms with Gasteiger partial charge in [-0.25, -0.2) is 4.79 Å². The number of hydrogen-bond donors (Lipinski definition) is 1. The number of hydrogen-bond acceptors (Lipinski definition) is 4. The summed E-state index contributed by atoms with van der Waals surface area (Å²) in [6, 6.07) is 7.06. The second-order valence-electron chi connectivity index (χ2n) is 5.24. The molecular formula is C16H21BrN2O3. The van der Waals surface area contributed by atoms with E-state index in [1.165, 1.54) is 0 Å². The fourth-order valence-electron chi connectivity index (χ4n) is 2.39. The Bertz CT molecular complexity index is 511. The summed E-state index contributed by atoms with van der Waals surface area (Å²) in [6.45, 7) is 3.89. The molecule has 1 fully saturated rings. The normalized spacial score (nSPS) is 15.5. The van der Waals surface area contributed by atoms with Crippen LogP contribution in [0.2, 0.25) is 0 Å². The highest BCUT2D eigenvalue weighted by atomic mass is 79.9. The first-order valence-electron chi connectivity index (χ1n) is 7.40. The van der Waals surface area contributed by atoms with Gasteiger partial charge in [0.15, 0.2) is 0 Å². The summed E-state index contributed by atoms with van der Waals surface area (Å²) >= 11 is 3.22. The largest absolute Gasteiger partial charge is 0.490 e. The molecule has 6 heteroatoms. The van der Waals surface area contributed by atoms with Crippen molar-refractivity contribution in [1.82, 2.24) is 4.90 Å². The van der Waals surface area contributed by atoms with Gasteiger partial charge in [0.1, 0.15) is 18.5 Å². The number of rotatable bonds is 5. The number of amidine groups is 1. The van der Waals surface area contributed by atoms with Gasteiger partial charge >= 0.3 is 5.97 Å². The van der Waals surface area contributed by atoms with Gasteiger partial charge < -0.3 is 14.4 Å². The minimum Gasteiger partial charge on any atom is -0.490 e. The third kappa shape index (κ3) is 4.73. The molecule has 1 saturated heterocycles. The van der Waals surface area contributed by atoms with Gasteiger partial charge in [0.25, 0.3) is 0 Å². The Hall–Kier alpha value is -1.56. The highest BCUT2D eigenvalue weighted by Gasteiger charge is 2.20. The van der Waals surface area contributed by atoms with Crippen LogP contribution < -0.4 is 4.74 Å². The number of nitrogens with zero attached hydrogens (tertiary/aromatic N) is 1. The molecule has 0 amide bonds. The van der Waals surface area contributed by atoms with Gasteiger partial charge in [0.05, 0.1) is 11.4 Å². The third-order valence-corrected chi connectivity index (χ3v) is 3.94. The molecule has 0 radical (unpaired) electrons. The van der Waals surface area contributed by atoms with Crippen molar-refractivity contribution in [2.24, 2.45) is 0 Å². The van der Waals surface area contributed by atoms with E-state index in [1.807, 2.05) is 6.92 Å². The molecule has 0 aromatic heterocycles. The van der Waals surface area contributed by atoms with Crippen molar-refractivity contribution >= 4 is 27.7 Å². The molecule has 0 atom stereocenters. The van der Waals surface area contributed by atoms with Crippen molar-refractivity contribution in [3.8, 4) is 5.75 Å². The molecule has 1 heterocycles. The van der Waals surface area contributed by atoms with Crippen molar-refractivity contribution in [3.63, 3.8) is 0 Å². The number of nitrogens with one attached hydrogen (secondary N) is 1. The number of alkyl halides is 1. The Kier molecular flexibility index (Phi) is 6.24. The van der Waals surface area contributed by atoms with E-state index in [-0.39, 0.29) is 12.1 Å². The maximum absolute atomic E-state index is 11.7. The molecule has 0 unspecified atom stereocenters. The number of carbonyl (C=O) groups is 1. The lowest BCUT2D eigenvalue weighted by molar-refractivity contribution is 0.0531. The second kappa shape index (κ2) is 8.17. The molecule has 0 saturated carbocycles. The van der Waals surface area contributed by atoms with Gasteiger partial charge in [-0.3, -0.25) is 5.41 Å². The quantitative estimate of drug-likeness (QED) is 0.375. The van der Waals surface area contributed by atoms with Crippen LogP contribution in [0.5, 0.6) is 5.75 Å². The molecule has 2 rings (SSSR count). The molecule has 1 N–H and O–H groups in total. The first-order chi connectivity index (χ1) is 10.6. The molecule has 5 nitrogen and oxygen atoms in total. The maximum atomic E-state index is 11.7. The van der Waals surface area contributed by atoms with Crippen LogP contribution in [0.1, 0.15) is 30.1 Å². The first-order valence-corrected chi connectivity index (χ1v) is 8.52. The Morgan fingerprint density at radius 2 is 1.95 bits per heavy atom. The lowest BCUT2D eigenvalue weighted by atomic mass is 10.1. The van der Waals surface area contributed by atoms with E-state index in [9.17, 15) is 4.79 Å². The zero-order chi connectivity index (χ0) is 15.9. The Morgan fingerprint density at radius 1 is 1.32 bits per heavy atom. The summed E-state index contributed by atoms with van der Waals surface area (Å²) in [4.78, 5) is 13.8. The van der Waals surface area contributed by atoms with E-state index in [4.69, 9.17) is 14.9 Å². The number of carbonyl (C=O) groups excluding carboxylic acids is 1. The van der Waals surface area contributed by atoms with Gasteiger partial charge in [0.2, 0.25) is 0 Å². The molecule has 1 aliphatic heterocycles. The lowest BCUT2D eigenvalue weighted by Gasteiger charge is -2.32. The zero-order valence-electron chi connectivity index (χ0n) is 12.7. The van der Waals surface area contributed by atoms with Crippen LogP contribution >= 0.6 is 15.9 Å². The second-order valence-corrected chi connectivity index (χ2v) is 6.03. The average molecular weight is 369 g/mol. The monoisotopic (exact) mass is 368 g/mol. The van der Waals surface area contributed by atoms with E-state index in [1.54, 1.807) is 24.3 Å². The fourth-order valence-corrected chi connectivity index (χ4v) is 2.55. The predicted octanol–water partition coefficient (Wildman–Crippen LogP) is 3.08. The van der Waals surface area contributed by atoms with Crippen LogP contribution in [0.3, 0.4) is 0 Å². The molecule has 22 heavy (non-hydrogen) atoms. The predicted molar refractivity (Wildman–Crippen MR) is 89.1 cm³/mol. The number of piperidine rings is 1. The molecular weight excluding hydrogens is 348 g/mol. The van der Waals surface area contributed by atoms with E-state index >= 15 is 0 Å². The third-order valence-electron chi connectivity index (χ3n) is 3.62. The summed E-state index contributed by atoms with van der Waals surface area (Å²) in [6.07, 6.45) is 1.98. The average Bonchev–Trinajstić information content (AvgIpc) is 2.54. The first kappa shape index (κ1) is 16.8. The molecule has 1 aliphatic rings. The number of esters is 1. The molecule has 0 aliphatic carbocycles. The lowest BCUT2D eigenvalue weighted by Crippen LogP contribution is -2.40. The van der Waals surface area contributed by atoms with Gasteiger partial charge in [-0.1, -0.05) is 15.9 Å². The molecule has 1 aromatic rings.